The summed E-state index contributed by atoms with van der Waals surface area (Å²) in [4.78, 5) is 15.3. The molecule has 1 heterocycles. The number of hydrogen-bond acceptors (Lipinski definition) is 4. The van der Waals surface area contributed by atoms with E-state index in [1.165, 1.54) is 23.1 Å². The van der Waals surface area contributed by atoms with Gasteiger partial charge in [0.05, 0.1) is 16.6 Å². The summed E-state index contributed by atoms with van der Waals surface area (Å²) < 4.78 is 0.919. The Kier molecular flexibility index (Phi) is 3.81. The molecule has 0 saturated carbocycles. The number of thioether (sulfide) groups is 1. The lowest BCUT2D eigenvalue weighted by Gasteiger charge is -2.03. The lowest BCUT2D eigenvalue weighted by Crippen LogP contribution is -2.00. The molecule has 17 heavy (non-hydrogen) atoms. The van der Waals surface area contributed by atoms with E-state index in [1.54, 1.807) is 12.1 Å². The van der Waals surface area contributed by atoms with Crippen molar-refractivity contribution in [2.75, 3.05) is 0 Å². The Morgan fingerprint density at radius 1 is 1.53 bits per heavy atom. The molecule has 1 N–H and O–H groups in total. The lowest BCUT2D eigenvalue weighted by atomic mass is 10.1. The van der Waals surface area contributed by atoms with Crippen LogP contribution in [0.3, 0.4) is 0 Å². The second kappa shape index (κ2) is 5.33. The molecule has 0 bridgehead atoms. The fourth-order valence-corrected chi connectivity index (χ4v) is 3.09. The second-order valence-electron chi connectivity index (χ2n) is 3.42. The van der Waals surface area contributed by atoms with Crippen molar-refractivity contribution in [2.45, 2.75) is 17.0 Å². The highest BCUT2D eigenvalue weighted by Gasteiger charge is 2.09. The zero-order valence-corrected chi connectivity index (χ0v) is 10.8. The van der Waals surface area contributed by atoms with Crippen molar-refractivity contribution >= 4 is 29.1 Å². The SMILES string of the molecule is Cc1[c]sc(SCc2ccccc2C(=O)O)n1. The van der Waals surface area contributed by atoms with E-state index >= 15 is 0 Å². The van der Waals surface area contributed by atoms with E-state index in [1.807, 2.05) is 19.1 Å². The number of aromatic carboxylic acids is 1. The average Bonchev–Trinajstić information content (AvgIpc) is 2.73. The lowest BCUT2D eigenvalue weighted by molar-refractivity contribution is 0.0696. The van der Waals surface area contributed by atoms with Crippen LogP contribution in [0.25, 0.3) is 0 Å². The zero-order valence-electron chi connectivity index (χ0n) is 9.14. The minimum absolute atomic E-state index is 0.359. The normalized spacial score (nSPS) is 10.4. The smallest absolute Gasteiger partial charge is 0.335 e. The summed E-state index contributed by atoms with van der Waals surface area (Å²) in [7, 11) is 0. The van der Waals surface area contributed by atoms with Crippen molar-refractivity contribution in [1.29, 1.82) is 0 Å². The van der Waals surface area contributed by atoms with Crippen LogP contribution in [0.2, 0.25) is 0 Å². The highest BCUT2D eigenvalue weighted by molar-refractivity contribution is 8.00. The second-order valence-corrected chi connectivity index (χ2v) is 5.44. The number of aryl methyl sites for hydroxylation is 1. The van der Waals surface area contributed by atoms with Crippen molar-refractivity contribution in [3.05, 3.63) is 46.5 Å². The first-order chi connectivity index (χ1) is 8.16. The summed E-state index contributed by atoms with van der Waals surface area (Å²) in [5, 5.41) is 12.1. The molecular formula is C12H10NO2S2. The number of benzene rings is 1. The predicted molar refractivity (Wildman–Crippen MR) is 68.6 cm³/mol. The molecule has 0 spiro atoms. The fraction of sp³-hybridized carbons (Fsp3) is 0.167. The standard InChI is InChI=1S/C12H10NO2S2/c1-8-6-16-12(13-8)17-7-9-4-2-3-5-10(9)11(14)15/h2-5H,7H2,1H3,(H,14,15). The molecule has 3 nitrogen and oxygen atoms in total. The molecular weight excluding hydrogens is 254 g/mol. The quantitative estimate of drug-likeness (QED) is 0.861. The number of carboxylic acids is 1. The average molecular weight is 264 g/mol. The molecule has 5 heteroatoms. The molecule has 0 atom stereocenters. The fourth-order valence-electron chi connectivity index (χ4n) is 1.36. The molecule has 0 aliphatic heterocycles. The molecule has 2 rings (SSSR count). The molecule has 1 radical (unpaired) electrons. The first-order valence-electron chi connectivity index (χ1n) is 4.96. The van der Waals surface area contributed by atoms with E-state index in [0.717, 1.165) is 15.6 Å². The van der Waals surface area contributed by atoms with E-state index in [-0.39, 0.29) is 0 Å². The van der Waals surface area contributed by atoms with Gasteiger partial charge in [0.25, 0.3) is 0 Å². The molecule has 0 aliphatic rings. The monoisotopic (exact) mass is 264 g/mol. The van der Waals surface area contributed by atoms with Crippen LogP contribution in [0.1, 0.15) is 21.6 Å². The van der Waals surface area contributed by atoms with Crippen LogP contribution in [-0.2, 0) is 5.75 Å². The van der Waals surface area contributed by atoms with Crippen LogP contribution in [0, 0.1) is 12.3 Å². The summed E-state index contributed by atoms with van der Waals surface area (Å²) in [6.07, 6.45) is 0. The van der Waals surface area contributed by atoms with Crippen molar-refractivity contribution in [3.8, 4) is 0 Å². The maximum absolute atomic E-state index is 11.0. The zero-order chi connectivity index (χ0) is 12.3. The summed E-state index contributed by atoms with van der Waals surface area (Å²) in [6, 6.07) is 7.04. The third kappa shape index (κ3) is 3.08. The summed E-state index contributed by atoms with van der Waals surface area (Å²) >= 11 is 3.00. The van der Waals surface area contributed by atoms with Gasteiger partial charge >= 0.3 is 5.97 Å². The van der Waals surface area contributed by atoms with Crippen molar-refractivity contribution < 1.29 is 9.90 Å². The molecule has 0 aliphatic carbocycles. The van der Waals surface area contributed by atoms with Crippen molar-refractivity contribution in [3.63, 3.8) is 0 Å². The van der Waals surface area contributed by atoms with Crippen LogP contribution in [-0.4, -0.2) is 16.1 Å². The molecule has 0 saturated heterocycles. The van der Waals surface area contributed by atoms with Gasteiger partial charge in [0.15, 0.2) is 4.34 Å². The first kappa shape index (κ1) is 12.1. The van der Waals surface area contributed by atoms with Crippen LogP contribution >= 0.6 is 23.1 Å². The Morgan fingerprint density at radius 3 is 2.94 bits per heavy atom. The number of hydrogen-bond donors (Lipinski definition) is 1. The summed E-state index contributed by atoms with van der Waals surface area (Å²) in [5.41, 5.74) is 2.05. The van der Waals surface area contributed by atoms with E-state index in [9.17, 15) is 4.79 Å². The topological polar surface area (TPSA) is 50.2 Å². The van der Waals surface area contributed by atoms with Gasteiger partial charge < -0.3 is 5.11 Å². The summed E-state index contributed by atoms with van der Waals surface area (Å²) in [5.74, 6) is -0.272. The number of carboxylic acid groups (broad SMARTS) is 1. The number of thiazole rings is 1. The first-order valence-corrected chi connectivity index (χ1v) is 6.76. The molecule has 0 unspecified atom stereocenters. The van der Waals surface area contributed by atoms with Crippen LogP contribution in [0.5, 0.6) is 0 Å². The molecule has 1 aromatic heterocycles. The Morgan fingerprint density at radius 2 is 2.29 bits per heavy atom. The number of carbonyl (C=O) groups is 1. The molecule has 87 valence electrons. The van der Waals surface area contributed by atoms with Crippen molar-refractivity contribution in [2.24, 2.45) is 0 Å². The maximum atomic E-state index is 11.0. The van der Waals surface area contributed by atoms with Gasteiger partial charge in [-0.1, -0.05) is 30.0 Å². The van der Waals surface area contributed by atoms with Gasteiger partial charge in [0, 0.05) is 5.75 Å². The van der Waals surface area contributed by atoms with Crippen LogP contribution in [0.4, 0.5) is 0 Å². The van der Waals surface area contributed by atoms with Crippen LogP contribution in [0.15, 0.2) is 28.6 Å². The van der Waals surface area contributed by atoms with E-state index < -0.39 is 5.97 Å². The highest BCUT2D eigenvalue weighted by atomic mass is 32.2. The molecule has 0 fully saturated rings. The largest absolute Gasteiger partial charge is 0.478 e. The number of nitrogens with zero attached hydrogens (tertiary/aromatic N) is 1. The van der Waals surface area contributed by atoms with Gasteiger partial charge in [-0.15, -0.1) is 11.3 Å². The van der Waals surface area contributed by atoms with Gasteiger partial charge in [-0.2, -0.15) is 0 Å². The Bertz CT molecular complexity index is 537. The summed E-state index contributed by atoms with van der Waals surface area (Å²) in [6.45, 7) is 1.89. The highest BCUT2D eigenvalue weighted by Crippen LogP contribution is 2.26. The van der Waals surface area contributed by atoms with Gasteiger partial charge in [-0.05, 0) is 18.6 Å². The van der Waals surface area contributed by atoms with Gasteiger partial charge in [0.2, 0.25) is 0 Å². The Labute approximate surface area is 108 Å². The molecule has 1 aromatic carbocycles. The van der Waals surface area contributed by atoms with Crippen LogP contribution < -0.4 is 0 Å². The van der Waals surface area contributed by atoms with Gasteiger partial charge in [-0.25, -0.2) is 9.78 Å². The van der Waals surface area contributed by atoms with Gasteiger partial charge in [-0.3, -0.25) is 0 Å². The van der Waals surface area contributed by atoms with E-state index in [2.05, 4.69) is 10.4 Å². The number of rotatable bonds is 4. The maximum Gasteiger partial charge on any atom is 0.335 e. The molecule has 0 amide bonds. The third-order valence-electron chi connectivity index (χ3n) is 2.14. The molecule has 2 aromatic rings. The Hall–Kier alpha value is -1.33. The predicted octanol–water partition coefficient (Wildman–Crippen LogP) is 3.24. The van der Waals surface area contributed by atoms with E-state index in [0.29, 0.717) is 11.3 Å². The third-order valence-corrected chi connectivity index (χ3v) is 4.20. The minimum Gasteiger partial charge on any atom is -0.478 e. The minimum atomic E-state index is -0.886. The van der Waals surface area contributed by atoms with Gasteiger partial charge in [0.1, 0.15) is 0 Å². The Balaban J connectivity index is 2.11. The number of aromatic nitrogens is 1. The van der Waals surface area contributed by atoms with E-state index in [4.69, 9.17) is 5.11 Å². The van der Waals surface area contributed by atoms with Crippen molar-refractivity contribution in [1.82, 2.24) is 4.98 Å².